The molecular weight excluding hydrogens is 191 g/mol. The molecule has 0 aromatic carbocycles. The second kappa shape index (κ2) is 4.53. The third-order valence-corrected chi connectivity index (χ3v) is 3.47. The fourth-order valence-corrected chi connectivity index (χ4v) is 2.71. The van der Waals surface area contributed by atoms with E-state index in [1.165, 1.54) is 32.1 Å². The van der Waals surface area contributed by atoms with E-state index >= 15 is 0 Å². The van der Waals surface area contributed by atoms with E-state index in [4.69, 9.17) is 23.2 Å². The highest BCUT2D eigenvalue weighted by Gasteiger charge is 2.31. The number of halogens is 2. The number of alkyl halides is 1. The molecule has 1 fully saturated rings. The lowest BCUT2D eigenvalue weighted by molar-refractivity contribution is 0.222. The van der Waals surface area contributed by atoms with Gasteiger partial charge in [0.2, 0.25) is 0 Å². The van der Waals surface area contributed by atoms with Crippen molar-refractivity contribution >= 4 is 23.2 Å². The van der Waals surface area contributed by atoms with E-state index in [0.717, 1.165) is 17.3 Å². The first-order chi connectivity index (χ1) is 5.68. The van der Waals surface area contributed by atoms with Crippen LogP contribution < -0.4 is 0 Å². The molecule has 12 heavy (non-hydrogen) atoms. The van der Waals surface area contributed by atoms with Crippen LogP contribution in [0.5, 0.6) is 0 Å². The summed E-state index contributed by atoms with van der Waals surface area (Å²) >= 11 is 11.8. The Hall–Kier alpha value is 0.320. The lowest BCUT2D eigenvalue weighted by Gasteiger charge is -2.35. The van der Waals surface area contributed by atoms with Crippen molar-refractivity contribution in [2.24, 2.45) is 5.41 Å². The first kappa shape index (κ1) is 10.4. The topological polar surface area (TPSA) is 0 Å². The van der Waals surface area contributed by atoms with Gasteiger partial charge < -0.3 is 0 Å². The molecule has 1 aliphatic rings. The molecule has 0 bridgehead atoms. The monoisotopic (exact) mass is 206 g/mol. The molecule has 0 heterocycles. The van der Waals surface area contributed by atoms with Crippen LogP contribution in [0.25, 0.3) is 0 Å². The van der Waals surface area contributed by atoms with Gasteiger partial charge in [-0.1, -0.05) is 37.4 Å². The van der Waals surface area contributed by atoms with Crippen molar-refractivity contribution in [1.82, 2.24) is 0 Å². The Kier molecular flexibility index (Phi) is 3.92. The summed E-state index contributed by atoms with van der Waals surface area (Å²) in [6.07, 6.45) is 7.31. The van der Waals surface area contributed by atoms with Crippen LogP contribution >= 0.6 is 23.2 Å². The Labute approximate surface area is 84.9 Å². The van der Waals surface area contributed by atoms with E-state index in [1.807, 2.05) is 0 Å². The van der Waals surface area contributed by atoms with Gasteiger partial charge >= 0.3 is 0 Å². The van der Waals surface area contributed by atoms with Crippen LogP contribution in [0.2, 0.25) is 0 Å². The molecule has 0 aliphatic heterocycles. The molecule has 0 atom stereocenters. The third kappa shape index (κ3) is 2.67. The Balaban J connectivity index is 2.53. The van der Waals surface area contributed by atoms with Gasteiger partial charge in [-0.3, -0.25) is 0 Å². The number of rotatable bonds is 3. The Morgan fingerprint density at radius 3 is 2.25 bits per heavy atom. The van der Waals surface area contributed by atoms with E-state index in [2.05, 4.69) is 6.58 Å². The summed E-state index contributed by atoms with van der Waals surface area (Å²) in [5.74, 6) is 0.735. The average molecular weight is 207 g/mol. The van der Waals surface area contributed by atoms with Gasteiger partial charge in [0, 0.05) is 10.9 Å². The molecule has 0 aromatic rings. The van der Waals surface area contributed by atoms with Crippen molar-refractivity contribution in [3.05, 3.63) is 11.6 Å². The minimum Gasteiger partial charge on any atom is -0.126 e. The minimum absolute atomic E-state index is 0.276. The van der Waals surface area contributed by atoms with Gasteiger partial charge in [0.05, 0.1) is 0 Å². The van der Waals surface area contributed by atoms with E-state index in [-0.39, 0.29) is 5.41 Å². The van der Waals surface area contributed by atoms with Crippen molar-refractivity contribution in [3.63, 3.8) is 0 Å². The predicted molar refractivity (Wildman–Crippen MR) is 55.8 cm³/mol. The second-order valence-corrected chi connectivity index (χ2v) is 4.69. The lowest BCUT2D eigenvalue weighted by Crippen LogP contribution is -2.25. The maximum Gasteiger partial charge on any atom is 0.0283 e. The van der Waals surface area contributed by atoms with Crippen LogP contribution in [-0.4, -0.2) is 5.88 Å². The van der Waals surface area contributed by atoms with Crippen LogP contribution in [0.4, 0.5) is 0 Å². The Morgan fingerprint density at radius 2 is 1.83 bits per heavy atom. The standard InChI is InChI=1S/C10H16Cl2/c1-9(12)7-10(8-11)5-3-2-4-6-10/h1-8H2. The molecule has 0 radical (unpaired) electrons. The predicted octanol–water partition coefficient (Wildman–Crippen LogP) is 4.32. The van der Waals surface area contributed by atoms with E-state index in [0.29, 0.717) is 0 Å². The second-order valence-electron chi connectivity index (χ2n) is 3.89. The largest absolute Gasteiger partial charge is 0.126 e. The zero-order chi connectivity index (χ0) is 9.03. The van der Waals surface area contributed by atoms with E-state index < -0.39 is 0 Å². The summed E-state index contributed by atoms with van der Waals surface area (Å²) in [4.78, 5) is 0. The van der Waals surface area contributed by atoms with E-state index in [1.54, 1.807) is 0 Å². The zero-order valence-corrected chi connectivity index (χ0v) is 8.92. The third-order valence-electron chi connectivity index (χ3n) is 2.76. The molecular formula is C10H16Cl2. The summed E-state index contributed by atoms with van der Waals surface area (Å²) in [7, 11) is 0. The SMILES string of the molecule is C=C(Cl)CC1(CCl)CCCCC1. The molecule has 2 heteroatoms. The maximum atomic E-state index is 5.98. The van der Waals surface area contributed by atoms with Crippen LogP contribution in [0.15, 0.2) is 11.6 Å². The van der Waals surface area contributed by atoms with Crippen molar-refractivity contribution in [3.8, 4) is 0 Å². The fourth-order valence-electron chi connectivity index (χ4n) is 2.07. The van der Waals surface area contributed by atoms with Crippen molar-refractivity contribution in [2.45, 2.75) is 38.5 Å². The highest BCUT2D eigenvalue weighted by atomic mass is 35.5. The zero-order valence-electron chi connectivity index (χ0n) is 7.41. The molecule has 70 valence electrons. The highest BCUT2D eigenvalue weighted by Crippen LogP contribution is 2.42. The summed E-state index contributed by atoms with van der Waals surface area (Å²) in [5, 5.41) is 0.762. The first-order valence-electron chi connectivity index (χ1n) is 4.58. The van der Waals surface area contributed by atoms with Crippen molar-refractivity contribution < 1.29 is 0 Å². The van der Waals surface area contributed by atoms with Gasteiger partial charge in [0.1, 0.15) is 0 Å². The lowest BCUT2D eigenvalue weighted by atomic mass is 9.73. The normalized spacial score (nSPS) is 22.2. The molecule has 0 spiro atoms. The Bertz CT molecular complexity index is 157. The number of hydrogen-bond acceptors (Lipinski definition) is 0. The van der Waals surface area contributed by atoms with Gasteiger partial charge in [0.25, 0.3) is 0 Å². The highest BCUT2D eigenvalue weighted by molar-refractivity contribution is 6.29. The van der Waals surface area contributed by atoms with Crippen LogP contribution in [-0.2, 0) is 0 Å². The van der Waals surface area contributed by atoms with Crippen molar-refractivity contribution in [2.75, 3.05) is 5.88 Å². The smallest absolute Gasteiger partial charge is 0.0283 e. The van der Waals surface area contributed by atoms with Gasteiger partial charge in [-0.05, 0) is 24.7 Å². The molecule has 0 N–H and O–H groups in total. The maximum absolute atomic E-state index is 5.98. The van der Waals surface area contributed by atoms with Crippen LogP contribution in [0, 0.1) is 5.41 Å². The molecule has 0 unspecified atom stereocenters. The summed E-state index contributed by atoms with van der Waals surface area (Å²) < 4.78 is 0. The van der Waals surface area contributed by atoms with E-state index in [9.17, 15) is 0 Å². The van der Waals surface area contributed by atoms with Gasteiger partial charge in [-0.2, -0.15) is 0 Å². The fraction of sp³-hybridized carbons (Fsp3) is 0.800. The molecule has 0 nitrogen and oxygen atoms in total. The van der Waals surface area contributed by atoms with Gasteiger partial charge in [-0.25, -0.2) is 0 Å². The van der Waals surface area contributed by atoms with Crippen molar-refractivity contribution in [1.29, 1.82) is 0 Å². The van der Waals surface area contributed by atoms with Gasteiger partial charge in [0.15, 0.2) is 0 Å². The molecule has 0 amide bonds. The quantitative estimate of drug-likeness (QED) is 0.604. The minimum atomic E-state index is 0.276. The average Bonchev–Trinajstić information content (AvgIpc) is 2.05. The Morgan fingerprint density at radius 1 is 1.25 bits per heavy atom. The molecule has 1 aliphatic carbocycles. The molecule has 0 aromatic heterocycles. The first-order valence-corrected chi connectivity index (χ1v) is 5.49. The number of hydrogen-bond donors (Lipinski definition) is 0. The van der Waals surface area contributed by atoms with Crippen LogP contribution in [0.3, 0.4) is 0 Å². The summed E-state index contributed by atoms with van der Waals surface area (Å²) in [6, 6.07) is 0. The molecule has 0 saturated heterocycles. The summed E-state index contributed by atoms with van der Waals surface area (Å²) in [6.45, 7) is 3.75. The molecule has 1 rings (SSSR count). The van der Waals surface area contributed by atoms with Gasteiger partial charge in [-0.15, -0.1) is 11.6 Å². The summed E-state index contributed by atoms with van der Waals surface area (Å²) in [5.41, 5.74) is 0.276. The molecule has 1 saturated carbocycles. The number of allylic oxidation sites excluding steroid dienone is 1. The van der Waals surface area contributed by atoms with Crippen LogP contribution in [0.1, 0.15) is 38.5 Å².